The second kappa shape index (κ2) is 6.66. The van der Waals surface area contributed by atoms with Crippen LogP contribution in [-0.2, 0) is 16.1 Å². The first-order chi connectivity index (χ1) is 11.5. The number of aromatic amines is 1. The predicted molar refractivity (Wildman–Crippen MR) is 92.2 cm³/mol. The lowest BCUT2D eigenvalue weighted by molar-refractivity contribution is -0.142. The van der Waals surface area contributed by atoms with E-state index in [4.69, 9.17) is 4.74 Å². The van der Waals surface area contributed by atoms with Crippen LogP contribution in [0.15, 0.2) is 42.5 Å². The highest BCUT2D eigenvalue weighted by Gasteiger charge is 2.12. The average molecular weight is 321 g/mol. The maximum absolute atomic E-state index is 11.1. The zero-order valence-corrected chi connectivity index (χ0v) is 14.0. The fourth-order valence-electron chi connectivity index (χ4n) is 2.45. The zero-order valence-electron chi connectivity index (χ0n) is 14.0. The van der Waals surface area contributed by atoms with E-state index in [0.717, 1.165) is 16.7 Å². The first kappa shape index (κ1) is 15.9. The maximum atomic E-state index is 11.1. The van der Waals surface area contributed by atoms with Crippen LogP contribution in [0.5, 0.6) is 0 Å². The van der Waals surface area contributed by atoms with Crippen LogP contribution in [0.3, 0.4) is 0 Å². The maximum Gasteiger partial charge on any atom is 0.302 e. The molecule has 1 N–H and O–H groups in total. The van der Waals surface area contributed by atoms with Gasteiger partial charge in [0.25, 0.3) is 0 Å². The summed E-state index contributed by atoms with van der Waals surface area (Å²) in [5, 5.41) is 7.31. The number of nitrogens with one attached hydrogen (secondary N) is 1. The molecule has 0 unspecified atom stereocenters. The molecule has 0 saturated carbocycles. The Bertz CT molecular complexity index is 884. The van der Waals surface area contributed by atoms with Gasteiger partial charge in [-0.1, -0.05) is 36.4 Å². The SMILES string of the molecule is CC(=O)OCc1ccccc1-c1nc(-c2ccc(C)c(C)c2)n[nH]1. The Labute approximate surface area is 140 Å². The first-order valence-corrected chi connectivity index (χ1v) is 7.76. The summed E-state index contributed by atoms with van der Waals surface area (Å²) in [6.45, 7) is 5.76. The van der Waals surface area contributed by atoms with Crippen molar-refractivity contribution in [1.29, 1.82) is 0 Å². The predicted octanol–water partition coefficient (Wildman–Crippen LogP) is 3.82. The molecule has 0 aliphatic heterocycles. The van der Waals surface area contributed by atoms with E-state index in [9.17, 15) is 4.79 Å². The molecule has 3 rings (SSSR count). The first-order valence-electron chi connectivity index (χ1n) is 7.76. The van der Waals surface area contributed by atoms with Gasteiger partial charge in [0.15, 0.2) is 11.6 Å². The third-order valence-corrected chi connectivity index (χ3v) is 3.95. The van der Waals surface area contributed by atoms with Crippen molar-refractivity contribution in [3.8, 4) is 22.8 Å². The average Bonchev–Trinajstić information content (AvgIpc) is 3.05. The van der Waals surface area contributed by atoms with Crippen molar-refractivity contribution < 1.29 is 9.53 Å². The third-order valence-electron chi connectivity index (χ3n) is 3.95. The Morgan fingerprint density at radius 2 is 1.92 bits per heavy atom. The van der Waals surface area contributed by atoms with Gasteiger partial charge < -0.3 is 4.74 Å². The van der Waals surface area contributed by atoms with Crippen LogP contribution in [0, 0.1) is 13.8 Å². The van der Waals surface area contributed by atoms with E-state index in [0.29, 0.717) is 11.6 Å². The van der Waals surface area contributed by atoms with Gasteiger partial charge in [0.05, 0.1) is 0 Å². The fraction of sp³-hybridized carbons (Fsp3) is 0.211. The molecule has 0 saturated heterocycles. The fourth-order valence-corrected chi connectivity index (χ4v) is 2.45. The molecular formula is C19H19N3O2. The van der Waals surface area contributed by atoms with Crippen molar-refractivity contribution in [1.82, 2.24) is 15.2 Å². The molecule has 24 heavy (non-hydrogen) atoms. The normalized spacial score (nSPS) is 10.6. The quantitative estimate of drug-likeness (QED) is 0.742. The third kappa shape index (κ3) is 3.35. The molecule has 0 bridgehead atoms. The molecule has 0 radical (unpaired) electrons. The second-order valence-corrected chi connectivity index (χ2v) is 5.74. The number of H-pyrrole nitrogens is 1. The largest absolute Gasteiger partial charge is 0.461 e. The minimum absolute atomic E-state index is 0.213. The number of aryl methyl sites for hydroxylation is 2. The number of benzene rings is 2. The van der Waals surface area contributed by atoms with Gasteiger partial charge in [-0.15, -0.1) is 0 Å². The summed E-state index contributed by atoms with van der Waals surface area (Å²) in [4.78, 5) is 15.7. The number of rotatable bonds is 4. The molecule has 0 atom stereocenters. The standard InChI is InChI=1S/C19H19N3O2/c1-12-8-9-15(10-13(12)2)18-20-19(22-21-18)17-7-5-4-6-16(17)11-24-14(3)23/h4-10H,11H2,1-3H3,(H,20,21,22). The smallest absolute Gasteiger partial charge is 0.302 e. The Balaban J connectivity index is 1.93. The van der Waals surface area contributed by atoms with E-state index >= 15 is 0 Å². The van der Waals surface area contributed by atoms with Crippen LogP contribution >= 0.6 is 0 Å². The minimum atomic E-state index is -0.307. The molecule has 0 aliphatic carbocycles. The van der Waals surface area contributed by atoms with E-state index in [1.807, 2.05) is 30.3 Å². The van der Waals surface area contributed by atoms with Gasteiger partial charge in [0, 0.05) is 23.6 Å². The highest BCUT2D eigenvalue weighted by molar-refractivity contribution is 5.67. The summed E-state index contributed by atoms with van der Waals surface area (Å²) in [6.07, 6.45) is 0. The number of carbonyl (C=O) groups is 1. The topological polar surface area (TPSA) is 67.9 Å². The molecule has 2 aromatic carbocycles. The second-order valence-electron chi connectivity index (χ2n) is 5.74. The lowest BCUT2D eigenvalue weighted by atomic mass is 10.1. The number of hydrogen-bond donors (Lipinski definition) is 1. The highest BCUT2D eigenvalue weighted by Crippen LogP contribution is 2.24. The van der Waals surface area contributed by atoms with Crippen LogP contribution in [0.2, 0.25) is 0 Å². The molecule has 0 aliphatic rings. The van der Waals surface area contributed by atoms with E-state index in [2.05, 4.69) is 41.2 Å². The molecule has 5 nitrogen and oxygen atoms in total. The summed E-state index contributed by atoms with van der Waals surface area (Å²) in [5.74, 6) is 1.000. The van der Waals surface area contributed by atoms with Crippen molar-refractivity contribution >= 4 is 5.97 Å². The molecular weight excluding hydrogens is 302 g/mol. The van der Waals surface area contributed by atoms with Crippen LogP contribution < -0.4 is 0 Å². The van der Waals surface area contributed by atoms with Crippen molar-refractivity contribution in [2.75, 3.05) is 0 Å². The number of nitrogens with zero attached hydrogens (tertiary/aromatic N) is 2. The molecule has 122 valence electrons. The monoisotopic (exact) mass is 321 g/mol. The van der Waals surface area contributed by atoms with Gasteiger partial charge in [-0.05, 0) is 31.0 Å². The number of hydrogen-bond acceptors (Lipinski definition) is 4. The molecule has 3 aromatic rings. The number of carbonyl (C=O) groups excluding carboxylic acids is 1. The Hall–Kier alpha value is -2.95. The van der Waals surface area contributed by atoms with Gasteiger partial charge >= 0.3 is 5.97 Å². The van der Waals surface area contributed by atoms with E-state index in [1.165, 1.54) is 18.1 Å². The summed E-state index contributed by atoms with van der Waals surface area (Å²) in [6, 6.07) is 13.8. The summed E-state index contributed by atoms with van der Waals surface area (Å²) < 4.78 is 5.11. The Morgan fingerprint density at radius 1 is 1.12 bits per heavy atom. The summed E-state index contributed by atoms with van der Waals surface area (Å²) >= 11 is 0. The van der Waals surface area contributed by atoms with Gasteiger partial charge in [0.1, 0.15) is 6.61 Å². The summed E-state index contributed by atoms with van der Waals surface area (Å²) in [7, 11) is 0. The Kier molecular flexibility index (Phi) is 4.42. The molecule has 1 heterocycles. The molecule has 1 aromatic heterocycles. The molecule has 0 spiro atoms. The van der Waals surface area contributed by atoms with Gasteiger partial charge in [-0.2, -0.15) is 5.10 Å². The van der Waals surface area contributed by atoms with Crippen molar-refractivity contribution in [2.24, 2.45) is 0 Å². The van der Waals surface area contributed by atoms with Crippen LogP contribution in [0.25, 0.3) is 22.8 Å². The molecule has 0 fully saturated rings. The molecule has 5 heteroatoms. The molecule has 0 amide bonds. The lowest BCUT2D eigenvalue weighted by Gasteiger charge is -2.06. The minimum Gasteiger partial charge on any atom is -0.461 e. The number of aromatic nitrogens is 3. The van der Waals surface area contributed by atoms with E-state index in [-0.39, 0.29) is 12.6 Å². The lowest BCUT2D eigenvalue weighted by Crippen LogP contribution is -2.00. The number of ether oxygens (including phenoxy) is 1. The van der Waals surface area contributed by atoms with Crippen molar-refractivity contribution in [2.45, 2.75) is 27.4 Å². The van der Waals surface area contributed by atoms with Crippen molar-refractivity contribution in [3.63, 3.8) is 0 Å². The Morgan fingerprint density at radius 3 is 2.67 bits per heavy atom. The van der Waals surface area contributed by atoms with E-state index in [1.54, 1.807) is 0 Å². The van der Waals surface area contributed by atoms with Gasteiger partial charge in [-0.25, -0.2) is 4.98 Å². The van der Waals surface area contributed by atoms with Crippen LogP contribution in [0.1, 0.15) is 23.6 Å². The number of esters is 1. The zero-order chi connectivity index (χ0) is 17.1. The van der Waals surface area contributed by atoms with Crippen LogP contribution in [-0.4, -0.2) is 21.2 Å². The van der Waals surface area contributed by atoms with Crippen LogP contribution in [0.4, 0.5) is 0 Å². The van der Waals surface area contributed by atoms with Gasteiger partial charge in [0.2, 0.25) is 0 Å². The van der Waals surface area contributed by atoms with Gasteiger partial charge in [-0.3, -0.25) is 9.89 Å². The van der Waals surface area contributed by atoms with E-state index < -0.39 is 0 Å². The summed E-state index contributed by atoms with van der Waals surface area (Å²) in [5.41, 5.74) is 5.17. The highest BCUT2D eigenvalue weighted by atomic mass is 16.5. The van der Waals surface area contributed by atoms with Crippen molar-refractivity contribution in [3.05, 3.63) is 59.2 Å².